The number of carbonyl (C=O) groups excluding carboxylic acids is 1. The first-order valence-electron chi connectivity index (χ1n) is 7.52. The van der Waals surface area contributed by atoms with E-state index in [0.717, 1.165) is 0 Å². The van der Waals surface area contributed by atoms with Crippen molar-refractivity contribution in [2.24, 2.45) is 0 Å². The number of carbonyl (C=O) groups is 1. The first-order chi connectivity index (χ1) is 12.4. The number of para-hydroxylation sites is 2. The lowest BCUT2D eigenvalue weighted by Gasteiger charge is -2.13. The lowest BCUT2D eigenvalue weighted by Crippen LogP contribution is -2.25. The Morgan fingerprint density at radius 2 is 1.77 bits per heavy atom. The third kappa shape index (κ3) is 4.38. The third-order valence-corrected chi connectivity index (χ3v) is 3.35. The van der Waals surface area contributed by atoms with Gasteiger partial charge in [0.25, 0.3) is 5.91 Å². The molecule has 1 amide bonds. The van der Waals surface area contributed by atoms with Crippen LogP contribution in [0.2, 0.25) is 0 Å². The van der Waals surface area contributed by atoms with Crippen LogP contribution in [0.4, 0.5) is 13.2 Å². The number of rotatable bonds is 5. The molecule has 134 valence electrons. The first kappa shape index (κ1) is 17.5. The Morgan fingerprint density at radius 1 is 1.08 bits per heavy atom. The standard InChI is InChI=1S/C17H13F3N4O2/c18-17(19,20)26-15-9-5-4-6-12(15)10-21-16(25)14-11-22-24(23-14)13-7-2-1-3-8-13/h1-9,11H,10H2,(H,21,25). The molecule has 1 aromatic heterocycles. The molecule has 0 spiro atoms. The molecule has 0 saturated carbocycles. The highest BCUT2D eigenvalue weighted by atomic mass is 19.4. The van der Waals surface area contributed by atoms with Crippen LogP contribution < -0.4 is 10.1 Å². The molecule has 0 aliphatic heterocycles. The van der Waals surface area contributed by atoms with Crippen LogP contribution in [0.1, 0.15) is 16.1 Å². The molecule has 3 aromatic rings. The second kappa shape index (κ2) is 7.26. The van der Waals surface area contributed by atoms with E-state index in [1.807, 2.05) is 6.07 Å². The Hall–Kier alpha value is -3.36. The Labute approximate surface area is 146 Å². The van der Waals surface area contributed by atoms with E-state index >= 15 is 0 Å². The molecule has 6 nitrogen and oxygen atoms in total. The van der Waals surface area contributed by atoms with Gasteiger partial charge in [-0.2, -0.15) is 9.90 Å². The van der Waals surface area contributed by atoms with E-state index in [1.165, 1.54) is 29.2 Å². The average Bonchev–Trinajstić information content (AvgIpc) is 3.10. The lowest BCUT2D eigenvalue weighted by molar-refractivity contribution is -0.274. The number of hydrogen-bond donors (Lipinski definition) is 1. The molecule has 0 atom stereocenters. The minimum atomic E-state index is -4.81. The molecule has 0 radical (unpaired) electrons. The molecule has 0 aliphatic carbocycles. The van der Waals surface area contributed by atoms with Crippen LogP contribution in [0, 0.1) is 0 Å². The van der Waals surface area contributed by atoms with Gasteiger partial charge < -0.3 is 10.1 Å². The summed E-state index contributed by atoms with van der Waals surface area (Å²) < 4.78 is 41.2. The van der Waals surface area contributed by atoms with E-state index in [4.69, 9.17) is 0 Å². The number of ether oxygens (including phenoxy) is 1. The van der Waals surface area contributed by atoms with Gasteiger partial charge in [-0.15, -0.1) is 18.3 Å². The molecule has 9 heteroatoms. The predicted octanol–water partition coefficient (Wildman–Crippen LogP) is 3.10. The third-order valence-electron chi connectivity index (χ3n) is 3.35. The number of amides is 1. The van der Waals surface area contributed by atoms with Gasteiger partial charge in [-0.3, -0.25) is 4.79 Å². The molecule has 1 N–H and O–H groups in total. The van der Waals surface area contributed by atoms with E-state index in [-0.39, 0.29) is 23.6 Å². The highest BCUT2D eigenvalue weighted by Gasteiger charge is 2.32. The zero-order chi connectivity index (χ0) is 18.6. The Bertz CT molecular complexity index is 894. The van der Waals surface area contributed by atoms with Gasteiger partial charge >= 0.3 is 6.36 Å². The molecule has 1 heterocycles. The number of alkyl halides is 3. The maximum absolute atomic E-state index is 12.4. The highest BCUT2D eigenvalue weighted by Crippen LogP contribution is 2.26. The van der Waals surface area contributed by atoms with E-state index in [1.54, 1.807) is 30.3 Å². The number of nitrogens with one attached hydrogen (secondary N) is 1. The van der Waals surface area contributed by atoms with Gasteiger partial charge in [0.2, 0.25) is 0 Å². The van der Waals surface area contributed by atoms with Crippen molar-refractivity contribution in [2.75, 3.05) is 0 Å². The van der Waals surface area contributed by atoms with Crippen molar-refractivity contribution < 1.29 is 22.7 Å². The molecule has 0 fully saturated rings. The van der Waals surface area contributed by atoms with Crippen LogP contribution >= 0.6 is 0 Å². The van der Waals surface area contributed by atoms with Crippen LogP contribution in [-0.2, 0) is 6.54 Å². The molecular weight excluding hydrogens is 349 g/mol. The number of aromatic nitrogens is 3. The van der Waals surface area contributed by atoms with Crippen molar-refractivity contribution >= 4 is 5.91 Å². The van der Waals surface area contributed by atoms with Crippen LogP contribution in [0.15, 0.2) is 60.8 Å². The van der Waals surface area contributed by atoms with E-state index in [0.29, 0.717) is 5.69 Å². The molecular formula is C17H13F3N4O2. The monoisotopic (exact) mass is 362 g/mol. The summed E-state index contributed by atoms with van der Waals surface area (Å²) in [5, 5.41) is 10.6. The van der Waals surface area contributed by atoms with Crippen molar-refractivity contribution in [3.8, 4) is 11.4 Å². The minimum absolute atomic E-state index is 0.0445. The van der Waals surface area contributed by atoms with Crippen LogP contribution in [-0.4, -0.2) is 27.3 Å². The van der Waals surface area contributed by atoms with Crippen LogP contribution in [0.5, 0.6) is 5.75 Å². The number of hydrogen-bond acceptors (Lipinski definition) is 4. The average molecular weight is 362 g/mol. The lowest BCUT2D eigenvalue weighted by atomic mass is 10.2. The van der Waals surface area contributed by atoms with Crippen molar-refractivity contribution in [3.05, 3.63) is 72.1 Å². The number of benzene rings is 2. The van der Waals surface area contributed by atoms with Gasteiger partial charge in [-0.1, -0.05) is 36.4 Å². The van der Waals surface area contributed by atoms with Crippen molar-refractivity contribution in [2.45, 2.75) is 12.9 Å². The summed E-state index contributed by atoms with van der Waals surface area (Å²) in [4.78, 5) is 13.5. The minimum Gasteiger partial charge on any atom is -0.405 e. The molecule has 26 heavy (non-hydrogen) atoms. The topological polar surface area (TPSA) is 69.0 Å². The Balaban J connectivity index is 1.68. The van der Waals surface area contributed by atoms with Crippen molar-refractivity contribution in [1.82, 2.24) is 20.3 Å². The van der Waals surface area contributed by atoms with Gasteiger partial charge in [-0.05, 0) is 18.2 Å². The second-order valence-corrected chi connectivity index (χ2v) is 5.19. The normalized spacial score (nSPS) is 11.2. The summed E-state index contributed by atoms with van der Waals surface area (Å²) in [7, 11) is 0. The highest BCUT2D eigenvalue weighted by molar-refractivity contribution is 5.91. The van der Waals surface area contributed by atoms with Gasteiger partial charge in [0.05, 0.1) is 11.9 Å². The predicted molar refractivity (Wildman–Crippen MR) is 85.7 cm³/mol. The van der Waals surface area contributed by atoms with Crippen LogP contribution in [0.3, 0.4) is 0 Å². The fraction of sp³-hybridized carbons (Fsp3) is 0.118. The molecule has 0 bridgehead atoms. The fourth-order valence-electron chi connectivity index (χ4n) is 2.19. The van der Waals surface area contributed by atoms with Crippen LogP contribution in [0.25, 0.3) is 5.69 Å². The summed E-state index contributed by atoms with van der Waals surface area (Å²) in [6, 6.07) is 14.6. The first-order valence-corrected chi connectivity index (χ1v) is 7.52. The fourth-order valence-corrected chi connectivity index (χ4v) is 2.19. The van der Waals surface area contributed by atoms with Gasteiger partial charge in [-0.25, -0.2) is 0 Å². The number of nitrogens with zero attached hydrogens (tertiary/aromatic N) is 3. The van der Waals surface area contributed by atoms with E-state index in [2.05, 4.69) is 20.3 Å². The second-order valence-electron chi connectivity index (χ2n) is 5.19. The smallest absolute Gasteiger partial charge is 0.405 e. The summed E-state index contributed by atoms with van der Waals surface area (Å²) in [5.74, 6) is -0.928. The van der Waals surface area contributed by atoms with Gasteiger partial charge in [0, 0.05) is 12.1 Å². The zero-order valence-corrected chi connectivity index (χ0v) is 13.3. The zero-order valence-electron chi connectivity index (χ0n) is 13.3. The maximum Gasteiger partial charge on any atom is 0.573 e. The molecule has 2 aromatic carbocycles. The molecule has 0 saturated heterocycles. The maximum atomic E-state index is 12.4. The van der Waals surface area contributed by atoms with Crippen molar-refractivity contribution in [1.29, 1.82) is 0 Å². The van der Waals surface area contributed by atoms with Gasteiger partial charge in [0.15, 0.2) is 5.69 Å². The summed E-state index contributed by atoms with van der Waals surface area (Å²) in [6.07, 6.45) is -3.53. The van der Waals surface area contributed by atoms with E-state index < -0.39 is 12.3 Å². The molecule has 3 rings (SSSR count). The Morgan fingerprint density at radius 3 is 2.50 bits per heavy atom. The summed E-state index contributed by atoms with van der Waals surface area (Å²) in [6.45, 7) is -0.150. The summed E-state index contributed by atoms with van der Waals surface area (Å²) >= 11 is 0. The largest absolute Gasteiger partial charge is 0.573 e. The molecule has 0 unspecified atom stereocenters. The quantitative estimate of drug-likeness (QED) is 0.757. The summed E-state index contributed by atoms with van der Waals surface area (Å²) in [5.41, 5.74) is 0.909. The SMILES string of the molecule is O=C(NCc1ccccc1OC(F)(F)F)c1cnn(-c2ccccc2)n1. The van der Waals surface area contributed by atoms with E-state index in [9.17, 15) is 18.0 Å². The van der Waals surface area contributed by atoms with Gasteiger partial charge in [0.1, 0.15) is 5.75 Å². The number of halogens is 3. The molecule has 0 aliphatic rings. The van der Waals surface area contributed by atoms with Crippen molar-refractivity contribution in [3.63, 3.8) is 0 Å². The Kier molecular flexibility index (Phi) is 4.87.